The van der Waals surface area contributed by atoms with Crippen molar-refractivity contribution in [1.29, 1.82) is 0 Å². The number of aliphatic hydroxyl groups is 1. The highest BCUT2D eigenvalue weighted by Crippen LogP contribution is 2.15. The minimum absolute atomic E-state index is 0.622. The molecule has 0 bridgehead atoms. The molecule has 15 heavy (non-hydrogen) atoms. The third-order valence-corrected chi connectivity index (χ3v) is 2.27. The van der Waals surface area contributed by atoms with Crippen molar-refractivity contribution in [2.75, 3.05) is 13.6 Å². The quantitative estimate of drug-likeness (QED) is 0.821. The van der Waals surface area contributed by atoms with Crippen molar-refractivity contribution in [3.05, 3.63) is 17.0 Å². The number of nitrogens with zero attached hydrogens (tertiary/aromatic N) is 2. The maximum absolute atomic E-state index is 9.67. The molecule has 0 unspecified atom stereocenters. The molecule has 0 fully saturated rings. The summed E-state index contributed by atoms with van der Waals surface area (Å²) in [6, 6.07) is 0. The molecule has 0 aliphatic rings. The van der Waals surface area contributed by atoms with Crippen LogP contribution in [0.3, 0.4) is 0 Å². The number of aromatic nitrogens is 1. The largest absolute Gasteiger partial charge is 0.389 e. The van der Waals surface area contributed by atoms with Gasteiger partial charge in [0.05, 0.1) is 11.3 Å². The van der Waals surface area contributed by atoms with Crippen molar-refractivity contribution in [2.24, 2.45) is 0 Å². The fourth-order valence-corrected chi connectivity index (χ4v) is 1.71. The van der Waals surface area contributed by atoms with Crippen molar-refractivity contribution in [3.8, 4) is 0 Å². The van der Waals surface area contributed by atoms with Crippen molar-refractivity contribution >= 4 is 0 Å². The van der Waals surface area contributed by atoms with Gasteiger partial charge >= 0.3 is 0 Å². The van der Waals surface area contributed by atoms with Gasteiger partial charge in [-0.05, 0) is 34.7 Å². The summed E-state index contributed by atoms with van der Waals surface area (Å²) < 4.78 is 5.09. The lowest BCUT2D eigenvalue weighted by atomic mass is 10.1. The van der Waals surface area contributed by atoms with Crippen molar-refractivity contribution in [1.82, 2.24) is 10.1 Å². The first-order valence-corrected chi connectivity index (χ1v) is 5.12. The third-order valence-electron chi connectivity index (χ3n) is 2.27. The zero-order valence-corrected chi connectivity index (χ0v) is 10.2. The van der Waals surface area contributed by atoms with E-state index in [9.17, 15) is 5.11 Å². The lowest BCUT2D eigenvalue weighted by Gasteiger charge is -2.25. The standard InChI is InChI=1S/C11H20N2O2/c1-8-10(9(2)15-12-8)6-13(5)7-11(3,4)14/h14H,6-7H2,1-5H3. The van der Waals surface area contributed by atoms with Gasteiger partial charge in [-0.2, -0.15) is 0 Å². The highest BCUT2D eigenvalue weighted by Gasteiger charge is 2.18. The predicted molar refractivity (Wildman–Crippen MR) is 58.6 cm³/mol. The molecule has 0 radical (unpaired) electrons. The molecular weight excluding hydrogens is 192 g/mol. The molecule has 0 atom stereocenters. The van der Waals surface area contributed by atoms with Crippen molar-refractivity contribution < 1.29 is 9.63 Å². The molecule has 0 aromatic carbocycles. The number of hydrogen-bond donors (Lipinski definition) is 1. The highest BCUT2D eigenvalue weighted by molar-refractivity contribution is 5.20. The van der Waals surface area contributed by atoms with Gasteiger partial charge < -0.3 is 9.63 Å². The van der Waals surface area contributed by atoms with Gasteiger partial charge in [0.15, 0.2) is 0 Å². The van der Waals surface area contributed by atoms with Gasteiger partial charge in [-0.3, -0.25) is 4.90 Å². The Morgan fingerprint density at radius 2 is 2.00 bits per heavy atom. The summed E-state index contributed by atoms with van der Waals surface area (Å²) in [5.74, 6) is 0.857. The smallest absolute Gasteiger partial charge is 0.138 e. The van der Waals surface area contributed by atoms with Gasteiger partial charge in [-0.15, -0.1) is 0 Å². The summed E-state index contributed by atoms with van der Waals surface area (Å²) in [5, 5.41) is 13.6. The summed E-state index contributed by atoms with van der Waals surface area (Å²) in [7, 11) is 1.98. The average molecular weight is 212 g/mol. The Labute approximate surface area is 90.9 Å². The van der Waals surface area contributed by atoms with Crippen LogP contribution < -0.4 is 0 Å². The van der Waals surface area contributed by atoms with E-state index in [1.165, 1.54) is 0 Å². The Morgan fingerprint density at radius 3 is 2.40 bits per heavy atom. The summed E-state index contributed by atoms with van der Waals surface area (Å²) >= 11 is 0. The molecule has 0 spiro atoms. The lowest BCUT2D eigenvalue weighted by Crippen LogP contribution is -2.36. The SMILES string of the molecule is Cc1noc(C)c1CN(C)CC(C)(C)O. The van der Waals surface area contributed by atoms with Crippen LogP contribution in [0.5, 0.6) is 0 Å². The van der Waals surface area contributed by atoms with Gasteiger partial charge in [0, 0.05) is 18.7 Å². The molecule has 0 amide bonds. The lowest BCUT2D eigenvalue weighted by molar-refractivity contribution is 0.0423. The average Bonchev–Trinajstić information content (AvgIpc) is 2.32. The predicted octanol–water partition coefficient (Wildman–Crippen LogP) is 1.49. The second kappa shape index (κ2) is 4.33. The zero-order chi connectivity index (χ0) is 11.6. The first-order valence-electron chi connectivity index (χ1n) is 5.12. The molecule has 0 saturated heterocycles. The fourth-order valence-electron chi connectivity index (χ4n) is 1.71. The normalized spacial score (nSPS) is 12.5. The molecule has 4 nitrogen and oxygen atoms in total. The van der Waals surface area contributed by atoms with Gasteiger partial charge in [0.25, 0.3) is 0 Å². The Morgan fingerprint density at radius 1 is 1.40 bits per heavy atom. The summed E-state index contributed by atoms with van der Waals surface area (Å²) in [4.78, 5) is 2.06. The van der Waals surface area contributed by atoms with E-state index in [1.54, 1.807) is 13.8 Å². The summed E-state index contributed by atoms with van der Waals surface area (Å²) in [6.07, 6.45) is 0. The van der Waals surface area contributed by atoms with Crippen LogP contribution in [0.2, 0.25) is 0 Å². The van der Waals surface area contributed by atoms with E-state index >= 15 is 0 Å². The van der Waals surface area contributed by atoms with E-state index in [4.69, 9.17) is 4.52 Å². The van der Waals surface area contributed by atoms with Gasteiger partial charge in [-0.25, -0.2) is 0 Å². The molecule has 1 rings (SSSR count). The van der Waals surface area contributed by atoms with Gasteiger partial charge in [0.1, 0.15) is 5.76 Å². The van der Waals surface area contributed by atoms with E-state index in [1.807, 2.05) is 20.9 Å². The Balaban J connectivity index is 2.63. The molecule has 0 aliphatic carbocycles. The Bertz CT molecular complexity index is 306. The monoisotopic (exact) mass is 212 g/mol. The maximum Gasteiger partial charge on any atom is 0.138 e. The van der Waals surface area contributed by atoms with Crippen LogP contribution >= 0.6 is 0 Å². The molecule has 0 saturated carbocycles. The van der Waals surface area contributed by atoms with E-state index in [0.717, 1.165) is 23.6 Å². The van der Waals surface area contributed by atoms with Crippen molar-refractivity contribution in [3.63, 3.8) is 0 Å². The van der Waals surface area contributed by atoms with Crippen LogP contribution in [-0.2, 0) is 6.54 Å². The number of rotatable bonds is 4. The van der Waals surface area contributed by atoms with Crippen LogP contribution in [-0.4, -0.2) is 34.4 Å². The second-order valence-corrected chi connectivity index (χ2v) is 4.79. The van der Waals surface area contributed by atoms with Crippen LogP contribution in [0.15, 0.2) is 4.52 Å². The first-order chi connectivity index (χ1) is 6.79. The van der Waals surface area contributed by atoms with Crippen LogP contribution in [0.1, 0.15) is 30.9 Å². The maximum atomic E-state index is 9.67. The van der Waals surface area contributed by atoms with E-state index in [-0.39, 0.29) is 0 Å². The minimum atomic E-state index is -0.673. The molecule has 86 valence electrons. The molecule has 1 aromatic rings. The highest BCUT2D eigenvalue weighted by atomic mass is 16.5. The molecule has 4 heteroatoms. The summed E-state index contributed by atoms with van der Waals surface area (Å²) in [5.41, 5.74) is 1.37. The second-order valence-electron chi connectivity index (χ2n) is 4.79. The molecule has 1 heterocycles. The van der Waals surface area contributed by atoms with Gasteiger partial charge in [-0.1, -0.05) is 5.16 Å². The van der Waals surface area contributed by atoms with Gasteiger partial charge in [0.2, 0.25) is 0 Å². The molecule has 1 N–H and O–H groups in total. The zero-order valence-electron chi connectivity index (χ0n) is 10.2. The Kier molecular flexibility index (Phi) is 3.52. The van der Waals surface area contributed by atoms with E-state index in [0.29, 0.717) is 6.54 Å². The Hall–Kier alpha value is -0.870. The number of aryl methyl sites for hydroxylation is 2. The van der Waals surface area contributed by atoms with Crippen molar-refractivity contribution in [2.45, 2.75) is 39.8 Å². The first kappa shape index (κ1) is 12.2. The van der Waals surface area contributed by atoms with Crippen LogP contribution in [0.25, 0.3) is 0 Å². The van der Waals surface area contributed by atoms with Crippen LogP contribution in [0.4, 0.5) is 0 Å². The third kappa shape index (κ3) is 3.64. The molecule has 1 aromatic heterocycles. The number of hydrogen-bond acceptors (Lipinski definition) is 4. The fraction of sp³-hybridized carbons (Fsp3) is 0.727. The van der Waals surface area contributed by atoms with E-state index < -0.39 is 5.60 Å². The summed E-state index contributed by atoms with van der Waals surface area (Å²) in [6.45, 7) is 8.83. The molecule has 0 aliphatic heterocycles. The van der Waals surface area contributed by atoms with E-state index in [2.05, 4.69) is 10.1 Å². The topological polar surface area (TPSA) is 49.5 Å². The van der Waals surface area contributed by atoms with Crippen LogP contribution in [0, 0.1) is 13.8 Å². The number of likely N-dealkylation sites (N-methyl/N-ethyl adjacent to an activating group) is 1. The molecular formula is C11H20N2O2. The minimum Gasteiger partial charge on any atom is -0.389 e.